The molecule has 3 aromatic rings. The first-order valence-electron chi connectivity index (χ1n) is 6.25. The topological polar surface area (TPSA) is 30.2 Å². The van der Waals surface area contributed by atoms with Crippen LogP contribution in [0.15, 0.2) is 51.7 Å². The molecule has 0 aliphatic carbocycles. The number of nitrogens with zero attached hydrogens (tertiary/aromatic N) is 1. The molecule has 1 heterocycles. The number of hydrogen-bond donors (Lipinski definition) is 0. The lowest BCUT2D eigenvalue weighted by molar-refractivity contribution is 0.489. The minimum absolute atomic E-state index is 0.0421. The molecule has 0 saturated carbocycles. The second-order valence-corrected chi connectivity index (χ2v) is 5.59. The minimum Gasteiger partial charge on any atom is -0.456 e. The first-order valence-corrected chi connectivity index (χ1v) is 6.25. The van der Waals surface area contributed by atoms with Crippen LogP contribution in [0, 0.1) is 0 Å². The molecule has 0 saturated heterocycles. The highest BCUT2D eigenvalue weighted by Crippen LogP contribution is 2.28. The summed E-state index contributed by atoms with van der Waals surface area (Å²) in [4.78, 5) is 12.7. The molecule has 0 spiro atoms. The first kappa shape index (κ1) is 11.9. The Morgan fingerprint density at radius 1 is 0.895 bits per heavy atom. The van der Waals surface area contributed by atoms with Crippen molar-refractivity contribution in [2.75, 3.05) is 21.1 Å². The van der Waals surface area contributed by atoms with Gasteiger partial charge in [-0.15, -0.1) is 0 Å². The van der Waals surface area contributed by atoms with Crippen LogP contribution < -0.4 is 9.91 Å². The van der Waals surface area contributed by atoms with Crippen molar-refractivity contribution in [3.05, 3.63) is 52.7 Å². The van der Waals surface area contributed by atoms with Crippen molar-refractivity contribution in [1.82, 2.24) is 4.48 Å². The number of fused-ring (bicyclic) bond motifs is 2. The first-order chi connectivity index (χ1) is 8.98. The van der Waals surface area contributed by atoms with Gasteiger partial charge in [0.25, 0.3) is 0 Å². The lowest BCUT2D eigenvalue weighted by atomic mass is 10.1. The van der Waals surface area contributed by atoms with Crippen molar-refractivity contribution >= 4 is 27.6 Å². The molecular weight excluding hydrogens is 238 g/mol. The van der Waals surface area contributed by atoms with Crippen molar-refractivity contribution in [1.29, 1.82) is 0 Å². The SMILES string of the molecule is C[N+](C)(C)c1cccc2oc3ccccc3c(=O)c12. The van der Waals surface area contributed by atoms with Crippen LogP contribution in [0.5, 0.6) is 0 Å². The molecule has 0 unspecified atom stereocenters. The maximum atomic E-state index is 12.7. The molecule has 19 heavy (non-hydrogen) atoms. The predicted octanol–water partition coefficient (Wildman–Crippen LogP) is 3.14. The van der Waals surface area contributed by atoms with Crippen molar-refractivity contribution in [2.45, 2.75) is 0 Å². The second-order valence-electron chi connectivity index (χ2n) is 5.59. The summed E-state index contributed by atoms with van der Waals surface area (Å²) in [5.74, 6) is 0. The van der Waals surface area contributed by atoms with Gasteiger partial charge < -0.3 is 4.42 Å². The van der Waals surface area contributed by atoms with E-state index in [1.54, 1.807) is 0 Å². The van der Waals surface area contributed by atoms with E-state index in [1.165, 1.54) is 0 Å². The molecule has 3 rings (SSSR count). The normalized spacial score (nSPS) is 12.2. The van der Waals surface area contributed by atoms with Crippen molar-refractivity contribution < 1.29 is 4.42 Å². The fourth-order valence-electron chi connectivity index (χ4n) is 2.39. The van der Waals surface area contributed by atoms with Crippen LogP contribution in [0.1, 0.15) is 0 Å². The van der Waals surface area contributed by atoms with Crippen LogP contribution >= 0.6 is 0 Å². The lowest BCUT2D eigenvalue weighted by Gasteiger charge is -2.24. The number of hydrogen-bond acceptors (Lipinski definition) is 2. The van der Waals surface area contributed by atoms with Gasteiger partial charge >= 0.3 is 0 Å². The second kappa shape index (κ2) is 3.93. The molecule has 0 bridgehead atoms. The van der Waals surface area contributed by atoms with Crippen LogP contribution in [0.4, 0.5) is 5.69 Å². The third kappa shape index (κ3) is 1.83. The van der Waals surface area contributed by atoms with Crippen LogP contribution in [-0.4, -0.2) is 21.1 Å². The number of benzene rings is 2. The molecule has 3 heteroatoms. The Morgan fingerprint density at radius 3 is 2.32 bits per heavy atom. The van der Waals surface area contributed by atoms with E-state index >= 15 is 0 Å². The summed E-state index contributed by atoms with van der Waals surface area (Å²) in [6.45, 7) is 0. The van der Waals surface area contributed by atoms with Gasteiger partial charge in [-0.25, -0.2) is 0 Å². The summed E-state index contributed by atoms with van der Waals surface area (Å²) in [5, 5.41) is 1.31. The van der Waals surface area contributed by atoms with Gasteiger partial charge in [-0.2, -0.15) is 0 Å². The van der Waals surface area contributed by atoms with E-state index in [4.69, 9.17) is 4.42 Å². The maximum Gasteiger partial charge on any atom is 0.206 e. The zero-order valence-electron chi connectivity index (χ0n) is 11.3. The molecule has 0 atom stereocenters. The molecule has 0 N–H and O–H groups in total. The molecule has 1 aromatic heterocycles. The Morgan fingerprint density at radius 2 is 1.58 bits per heavy atom. The van der Waals surface area contributed by atoms with Crippen LogP contribution in [0.3, 0.4) is 0 Å². The van der Waals surface area contributed by atoms with E-state index in [9.17, 15) is 4.79 Å². The van der Waals surface area contributed by atoms with Gasteiger partial charge in [-0.1, -0.05) is 18.2 Å². The molecular formula is C16H16NO2+. The van der Waals surface area contributed by atoms with Gasteiger partial charge in [0.15, 0.2) is 0 Å². The van der Waals surface area contributed by atoms with E-state index in [0.717, 1.165) is 5.69 Å². The Kier molecular flexibility index (Phi) is 2.47. The average Bonchev–Trinajstić information content (AvgIpc) is 2.37. The third-order valence-electron chi connectivity index (χ3n) is 3.31. The Labute approximate surface area is 111 Å². The summed E-state index contributed by atoms with van der Waals surface area (Å²) in [6.07, 6.45) is 0. The molecule has 0 fully saturated rings. The molecule has 0 amide bonds. The zero-order valence-corrected chi connectivity index (χ0v) is 11.3. The number of rotatable bonds is 1. The Bertz CT molecular complexity index is 825. The minimum atomic E-state index is 0.0421. The van der Waals surface area contributed by atoms with Crippen molar-refractivity contribution in [3.63, 3.8) is 0 Å². The Hall–Kier alpha value is -2.13. The highest BCUT2D eigenvalue weighted by Gasteiger charge is 2.20. The van der Waals surface area contributed by atoms with Crippen molar-refractivity contribution in [3.8, 4) is 0 Å². The monoisotopic (exact) mass is 254 g/mol. The van der Waals surface area contributed by atoms with E-state index in [2.05, 4.69) is 0 Å². The van der Waals surface area contributed by atoms with Gasteiger partial charge in [-0.3, -0.25) is 9.28 Å². The maximum absolute atomic E-state index is 12.7. The zero-order chi connectivity index (χ0) is 13.6. The van der Waals surface area contributed by atoms with E-state index in [1.807, 2.05) is 63.6 Å². The smallest absolute Gasteiger partial charge is 0.206 e. The summed E-state index contributed by atoms with van der Waals surface area (Å²) >= 11 is 0. The Balaban J connectivity index is 2.57. The summed E-state index contributed by atoms with van der Waals surface area (Å²) < 4.78 is 6.44. The van der Waals surface area contributed by atoms with E-state index in [0.29, 0.717) is 26.4 Å². The molecule has 2 aromatic carbocycles. The molecule has 3 nitrogen and oxygen atoms in total. The quantitative estimate of drug-likeness (QED) is 0.493. The highest BCUT2D eigenvalue weighted by atomic mass is 16.3. The van der Waals surface area contributed by atoms with E-state index < -0.39 is 0 Å². The standard InChI is InChI=1S/C16H16NO2/c1-17(2,3)12-8-6-10-14-15(12)16(18)11-7-4-5-9-13(11)19-14/h4-10H,1-3H3/q+1. The molecule has 0 aliphatic heterocycles. The van der Waals surface area contributed by atoms with Gasteiger partial charge in [0, 0.05) is 6.07 Å². The fourth-order valence-corrected chi connectivity index (χ4v) is 2.39. The van der Waals surface area contributed by atoms with Crippen molar-refractivity contribution in [2.24, 2.45) is 0 Å². The van der Waals surface area contributed by atoms with E-state index in [-0.39, 0.29) is 5.43 Å². The highest BCUT2D eigenvalue weighted by molar-refractivity contribution is 5.96. The largest absolute Gasteiger partial charge is 0.456 e. The van der Waals surface area contributed by atoms with Crippen LogP contribution in [0.25, 0.3) is 21.9 Å². The molecule has 0 aliphatic rings. The predicted molar refractivity (Wildman–Crippen MR) is 79.6 cm³/mol. The number of quaternary nitrogens is 1. The van der Waals surface area contributed by atoms with Gasteiger partial charge in [-0.05, 0) is 18.2 Å². The fraction of sp³-hybridized carbons (Fsp3) is 0.188. The lowest BCUT2D eigenvalue weighted by Crippen LogP contribution is -2.35. The van der Waals surface area contributed by atoms with Crippen LogP contribution in [0.2, 0.25) is 0 Å². The summed E-state index contributed by atoms with van der Waals surface area (Å²) in [7, 11) is 6.14. The molecule has 96 valence electrons. The summed E-state index contributed by atoms with van der Waals surface area (Å²) in [5.41, 5.74) is 2.30. The van der Waals surface area contributed by atoms with Gasteiger partial charge in [0.1, 0.15) is 22.2 Å². The van der Waals surface area contributed by atoms with Crippen LogP contribution in [-0.2, 0) is 0 Å². The van der Waals surface area contributed by atoms with Gasteiger partial charge in [0.05, 0.1) is 26.5 Å². The molecule has 0 radical (unpaired) electrons. The summed E-state index contributed by atoms with van der Waals surface area (Å²) in [6, 6.07) is 13.1. The number of para-hydroxylation sites is 1. The third-order valence-corrected chi connectivity index (χ3v) is 3.31. The average molecular weight is 254 g/mol. The van der Waals surface area contributed by atoms with Gasteiger partial charge in [0.2, 0.25) is 5.43 Å².